The van der Waals surface area contributed by atoms with E-state index in [1.807, 2.05) is 96.2 Å². The lowest BCUT2D eigenvalue weighted by Gasteiger charge is -2.20. The van der Waals surface area contributed by atoms with Crippen molar-refractivity contribution in [2.24, 2.45) is 15.5 Å². The molecule has 3 heterocycles. The first-order chi connectivity index (χ1) is 48.3. The van der Waals surface area contributed by atoms with Crippen molar-refractivity contribution in [2.45, 2.75) is 157 Å². The van der Waals surface area contributed by atoms with Gasteiger partial charge in [-0.1, -0.05) is 123 Å². The molecule has 0 fully saturated rings. The Hall–Kier alpha value is -9.58. The number of nitrogens with zero attached hydrogens (tertiary/aromatic N) is 6. The first kappa shape index (κ1) is 82.8. The number of ether oxygens (including phenoxy) is 3. The van der Waals surface area contributed by atoms with Gasteiger partial charge in [0.2, 0.25) is 0 Å². The van der Waals surface area contributed by atoms with Crippen molar-refractivity contribution < 1.29 is 88.1 Å². The fraction of sp³-hybridized carbons (Fsp3) is 0.480. The highest BCUT2D eigenvalue weighted by molar-refractivity contribution is 6.33. The zero-order chi connectivity index (χ0) is 73.0. The van der Waals surface area contributed by atoms with E-state index in [1.54, 1.807) is 32.9 Å². The van der Waals surface area contributed by atoms with Gasteiger partial charge in [0, 0.05) is 76.7 Å². The largest absolute Gasteiger partial charge is 0.508 e. The number of benzene rings is 3. The first-order valence-electron chi connectivity index (χ1n) is 34.5. The summed E-state index contributed by atoms with van der Waals surface area (Å²) in [6, 6.07) is 5.98. The average molecular weight is 1410 g/mol. The highest BCUT2D eigenvalue weighted by atomic mass is 35.5. The van der Waals surface area contributed by atoms with Crippen LogP contribution in [0.3, 0.4) is 0 Å². The van der Waals surface area contributed by atoms with Gasteiger partial charge in [-0.15, -0.1) is 0 Å². The van der Waals surface area contributed by atoms with Gasteiger partial charge in [-0.05, 0) is 143 Å². The van der Waals surface area contributed by atoms with Gasteiger partial charge in [-0.2, -0.15) is 0 Å². The molecule has 3 amide bonds. The number of hydrogen-bond donors (Lipinski definition) is 6. The summed E-state index contributed by atoms with van der Waals surface area (Å²) in [6.07, 6.45) is 34.5. The number of carbonyl (C=O) groups is 6. The SMILES string of the molecule is CCCN(CCC)C(=O)CO/N=C1/C=C/CC/C=C/CCOC(=O)c2c(O)cc(O)c(Cl)c2C1.CCCN(CCC)C(=O)CO/N=C1/C=C/CC/C=C/CCOC(=O)c2c(O)cc(O)cc2C1.CCCN(CCC)C(=O)CO/N=C1\C=C\CC/C=C/CCOC(=O)c2c(O)cc(O)cc2C1. The topological polar surface area (TPSA) is 326 Å². The minimum absolute atomic E-state index is 0.0249. The number of cyclic esters (lactones) is 3. The van der Waals surface area contributed by atoms with Crippen LogP contribution in [0.15, 0.2) is 119 Å². The van der Waals surface area contributed by atoms with Gasteiger partial charge < -0.3 is 74.1 Å². The van der Waals surface area contributed by atoms with Crippen LogP contribution in [-0.4, -0.2) is 177 Å². The molecule has 3 aromatic carbocycles. The van der Waals surface area contributed by atoms with Crippen LogP contribution >= 0.6 is 11.6 Å². The number of oxime groups is 3. The molecule has 3 aliphatic heterocycles. The molecule has 0 unspecified atom stereocenters. The molecule has 0 atom stereocenters. The van der Waals surface area contributed by atoms with Gasteiger partial charge in [0.15, 0.2) is 19.8 Å². The molecule has 0 aromatic heterocycles. The summed E-state index contributed by atoms with van der Waals surface area (Å²) >= 11 is 6.30. The fourth-order valence-corrected chi connectivity index (χ4v) is 10.6. The quantitative estimate of drug-likeness (QED) is 0.0250. The molecule has 24 nitrogen and oxygen atoms in total. The molecular weight excluding hydrogens is 1310 g/mol. The Labute approximate surface area is 592 Å². The summed E-state index contributed by atoms with van der Waals surface area (Å²) < 4.78 is 15.8. The molecule has 0 radical (unpaired) electrons. The minimum atomic E-state index is -0.756. The zero-order valence-electron chi connectivity index (χ0n) is 58.7. The van der Waals surface area contributed by atoms with E-state index in [2.05, 4.69) is 15.5 Å². The molecule has 0 spiro atoms. The van der Waals surface area contributed by atoms with Gasteiger partial charge in [-0.25, -0.2) is 14.4 Å². The predicted molar refractivity (Wildman–Crippen MR) is 384 cm³/mol. The molecule has 6 rings (SSSR count). The van der Waals surface area contributed by atoms with E-state index in [0.717, 1.165) is 95.2 Å². The number of allylic oxidation sites excluding steroid dienone is 9. The van der Waals surface area contributed by atoms with E-state index in [1.165, 1.54) is 12.1 Å². The van der Waals surface area contributed by atoms with Crippen LogP contribution in [0.5, 0.6) is 34.5 Å². The van der Waals surface area contributed by atoms with Crippen LogP contribution in [-0.2, 0) is 62.4 Å². The van der Waals surface area contributed by atoms with Crippen LogP contribution in [0.2, 0.25) is 5.02 Å². The number of fused-ring (bicyclic) bond motifs is 3. The van der Waals surface area contributed by atoms with E-state index in [9.17, 15) is 59.4 Å². The maximum atomic E-state index is 12.7. The summed E-state index contributed by atoms with van der Waals surface area (Å²) in [5, 5.41) is 73.3. The molecule has 3 aromatic rings. The Bertz CT molecular complexity index is 3260. The molecule has 546 valence electrons. The van der Waals surface area contributed by atoms with Gasteiger partial charge >= 0.3 is 17.9 Å². The Morgan fingerprint density at radius 1 is 0.400 bits per heavy atom. The third-order valence-corrected chi connectivity index (χ3v) is 15.4. The Morgan fingerprint density at radius 3 is 1.02 bits per heavy atom. The summed E-state index contributed by atoms with van der Waals surface area (Å²) in [5.74, 6) is -4.48. The minimum Gasteiger partial charge on any atom is -0.508 e. The van der Waals surface area contributed by atoms with Crippen molar-refractivity contribution in [3.8, 4) is 34.5 Å². The van der Waals surface area contributed by atoms with Crippen molar-refractivity contribution in [1.82, 2.24) is 14.7 Å². The molecule has 100 heavy (non-hydrogen) atoms. The van der Waals surface area contributed by atoms with Gasteiger partial charge in [0.05, 0.1) is 42.0 Å². The number of carbonyl (C=O) groups excluding carboxylic acids is 6. The number of phenols is 6. The lowest BCUT2D eigenvalue weighted by atomic mass is 9.99. The van der Waals surface area contributed by atoms with Gasteiger partial charge in [-0.3, -0.25) is 14.4 Å². The van der Waals surface area contributed by atoms with Crippen molar-refractivity contribution >= 4 is 64.4 Å². The summed E-state index contributed by atoms with van der Waals surface area (Å²) in [7, 11) is 0. The van der Waals surface area contributed by atoms with E-state index < -0.39 is 23.7 Å². The number of aromatic hydroxyl groups is 6. The summed E-state index contributed by atoms with van der Waals surface area (Å²) in [4.78, 5) is 96.6. The maximum Gasteiger partial charge on any atom is 0.342 e. The highest BCUT2D eigenvalue weighted by Gasteiger charge is 2.27. The summed E-state index contributed by atoms with van der Waals surface area (Å²) in [6.45, 7) is 15.9. The third-order valence-electron chi connectivity index (χ3n) is 15.0. The number of hydrogen-bond acceptors (Lipinski definition) is 21. The number of halogens is 1. The molecule has 0 aliphatic carbocycles. The Kier molecular flexibility index (Phi) is 39.3. The molecular formula is C75H101ClN6O18. The number of amides is 3. The van der Waals surface area contributed by atoms with Crippen LogP contribution < -0.4 is 0 Å². The van der Waals surface area contributed by atoms with E-state index in [-0.39, 0.29) is 133 Å². The van der Waals surface area contributed by atoms with Gasteiger partial charge in [0.25, 0.3) is 17.7 Å². The molecule has 3 aliphatic rings. The fourth-order valence-electron chi connectivity index (χ4n) is 10.4. The predicted octanol–water partition coefficient (Wildman–Crippen LogP) is 13.0. The number of rotatable bonds is 21. The lowest BCUT2D eigenvalue weighted by Crippen LogP contribution is -2.35. The van der Waals surface area contributed by atoms with Gasteiger partial charge in [0.1, 0.15) is 51.2 Å². The smallest absolute Gasteiger partial charge is 0.342 e. The molecule has 0 saturated heterocycles. The molecule has 25 heteroatoms. The van der Waals surface area contributed by atoms with E-state index in [0.29, 0.717) is 86.8 Å². The maximum absolute atomic E-state index is 12.7. The second-order valence-corrected chi connectivity index (χ2v) is 23.8. The van der Waals surface area contributed by atoms with Crippen molar-refractivity contribution in [3.05, 3.63) is 142 Å². The Morgan fingerprint density at radius 2 is 0.690 bits per heavy atom. The standard InChI is InChI=1S/C25H33ClN2O6.2C25H34N2O6/c1-3-12-28(13-4-2)22(31)17-34-27-18-11-9-7-5-6-8-10-14-33-25(32)23-19(15-18)24(26)21(30)16-20(23)29;2*1-3-12-27(13-4-2)23(30)18-33-26-20-11-9-7-5-6-8-10-14-32-25(31)24-19(15-20)16-21(28)17-22(24)29/h6,8-9,11,16,29-30H,3-5,7,10,12-15,17H2,1-2H3;2*6,8-9,11,16-17,28-29H,3-5,7,10,12-15,18H2,1-2H3/b8-6+,11-9+,27-18-;8-6+,11-9+,26-20+;8-6+,11-9+,26-20-. The van der Waals surface area contributed by atoms with Crippen molar-refractivity contribution in [2.75, 3.05) is 78.9 Å². The lowest BCUT2D eigenvalue weighted by molar-refractivity contribution is -0.136. The van der Waals surface area contributed by atoms with E-state index >= 15 is 0 Å². The van der Waals surface area contributed by atoms with Crippen molar-refractivity contribution in [3.63, 3.8) is 0 Å². The van der Waals surface area contributed by atoms with E-state index in [4.69, 9.17) is 40.3 Å². The van der Waals surface area contributed by atoms with Crippen LogP contribution in [0, 0.1) is 0 Å². The third kappa shape index (κ3) is 29.9. The Balaban J connectivity index is 0.000000318. The number of phenolic OH excluding ortho intramolecular Hbond substituents is 6. The monoisotopic (exact) mass is 1410 g/mol. The first-order valence-corrected chi connectivity index (χ1v) is 34.9. The second kappa shape index (κ2) is 47.4. The van der Waals surface area contributed by atoms with Crippen LogP contribution in [0.25, 0.3) is 0 Å². The molecule has 6 N–H and O–H groups in total. The molecule has 0 bridgehead atoms. The second-order valence-electron chi connectivity index (χ2n) is 23.4. The zero-order valence-corrected chi connectivity index (χ0v) is 59.4. The van der Waals surface area contributed by atoms with Crippen LogP contribution in [0.1, 0.15) is 186 Å². The molecule has 0 saturated carbocycles. The average Bonchev–Trinajstić information content (AvgIpc) is 0.801. The number of esters is 3. The highest BCUT2D eigenvalue weighted by Crippen LogP contribution is 2.38. The normalized spacial score (nSPS) is 17.9. The van der Waals surface area contributed by atoms with Crippen molar-refractivity contribution in [1.29, 1.82) is 0 Å². The summed E-state index contributed by atoms with van der Waals surface area (Å²) in [5.41, 5.74) is 1.93. The van der Waals surface area contributed by atoms with Crippen LogP contribution in [0.4, 0.5) is 0 Å².